The van der Waals surface area contributed by atoms with Crippen molar-refractivity contribution in [2.24, 2.45) is 5.92 Å². The van der Waals surface area contributed by atoms with E-state index in [1.807, 2.05) is 12.1 Å². The minimum Gasteiger partial charge on any atom is -0.299 e. The fourth-order valence-corrected chi connectivity index (χ4v) is 3.04. The molecule has 3 rings (SSSR count). The third-order valence-corrected chi connectivity index (χ3v) is 4.09. The molecular formula is C18H20FN. The number of rotatable bonds is 4. The van der Waals surface area contributed by atoms with Crippen LogP contribution in [0.15, 0.2) is 54.6 Å². The van der Waals surface area contributed by atoms with Crippen LogP contribution < -0.4 is 0 Å². The molecule has 0 aliphatic carbocycles. The summed E-state index contributed by atoms with van der Waals surface area (Å²) in [7, 11) is 0. The molecule has 1 aliphatic heterocycles. The smallest absolute Gasteiger partial charge is 0.126 e. The van der Waals surface area contributed by atoms with Crippen LogP contribution in [0.1, 0.15) is 17.5 Å². The molecule has 0 spiro atoms. The van der Waals surface area contributed by atoms with E-state index in [0.717, 1.165) is 31.6 Å². The molecule has 0 bridgehead atoms. The van der Waals surface area contributed by atoms with Gasteiger partial charge in [-0.1, -0.05) is 48.5 Å². The van der Waals surface area contributed by atoms with E-state index in [2.05, 4.69) is 35.2 Å². The van der Waals surface area contributed by atoms with Gasteiger partial charge in [-0.3, -0.25) is 4.90 Å². The normalized spacial score (nSPS) is 19.4. The lowest BCUT2D eigenvalue weighted by molar-refractivity contribution is 0.316. The fourth-order valence-electron chi connectivity index (χ4n) is 3.04. The second kappa shape index (κ2) is 6.19. The zero-order valence-corrected chi connectivity index (χ0v) is 11.6. The predicted octanol–water partition coefficient (Wildman–Crippen LogP) is 3.89. The number of nitrogens with zero attached hydrogens (tertiary/aromatic N) is 1. The molecule has 1 atom stereocenters. The van der Waals surface area contributed by atoms with E-state index < -0.39 is 0 Å². The Morgan fingerprint density at radius 1 is 1.00 bits per heavy atom. The second-order valence-corrected chi connectivity index (χ2v) is 5.67. The summed E-state index contributed by atoms with van der Waals surface area (Å²) in [5.41, 5.74) is 2.22. The first-order valence-corrected chi connectivity index (χ1v) is 7.31. The largest absolute Gasteiger partial charge is 0.299 e. The Morgan fingerprint density at radius 2 is 1.75 bits per heavy atom. The summed E-state index contributed by atoms with van der Waals surface area (Å²) in [6.45, 7) is 3.20. The van der Waals surface area contributed by atoms with E-state index in [9.17, 15) is 4.39 Å². The van der Waals surface area contributed by atoms with Crippen molar-refractivity contribution in [2.75, 3.05) is 13.1 Å². The van der Waals surface area contributed by atoms with Crippen LogP contribution in [-0.2, 0) is 13.0 Å². The monoisotopic (exact) mass is 269 g/mol. The molecule has 1 aliphatic rings. The molecule has 2 heteroatoms. The molecule has 1 unspecified atom stereocenters. The fraction of sp³-hybridized carbons (Fsp3) is 0.333. The molecule has 20 heavy (non-hydrogen) atoms. The number of benzene rings is 2. The van der Waals surface area contributed by atoms with Crippen LogP contribution in [0, 0.1) is 11.7 Å². The van der Waals surface area contributed by atoms with Crippen LogP contribution >= 0.6 is 0 Å². The molecule has 1 saturated heterocycles. The molecule has 2 aromatic carbocycles. The van der Waals surface area contributed by atoms with Crippen LogP contribution in [0.2, 0.25) is 0 Å². The van der Waals surface area contributed by atoms with Gasteiger partial charge in [0.15, 0.2) is 0 Å². The highest BCUT2D eigenvalue weighted by Crippen LogP contribution is 2.23. The third-order valence-electron chi connectivity index (χ3n) is 4.09. The maximum atomic E-state index is 13.7. The summed E-state index contributed by atoms with van der Waals surface area (Å²) in [4.78, 5) is 2.47. The van der Waals surface area contributed by atoms with Crippen molar-refractivity contribution in [3.8, 4) is 0 Å². The topological polar surface area (TPSA) is 3.24 Å². The van der Waals surface area contributed by atoms with Crippen molar-refractivity contribution in [1.29, 1.82) is 0 Å². The molecule has 0 saturated carbocycles. The molecule has 0 amide bonds. The van der Waals surface area contributed by atoms with Gasteiger partial charge in [0.05, 0.1) is 0 Å². The Labute approximate surface area is 120 Å². The summed E-state index contributed by atoms with van der Waals surface area (Å²) in [5.74, 6) is 0.518. The highest BCUT2D eigenvalue weighted by Gasteiger charge is 2.23. The van der Waals surface area contributed by atoms with E-state index in [1.54, 1.807) is 12.1 Å². The summed E-state index contributed by atoms with van der Waals surface area (Å²) >= 11 is 0. The lowest BCUT2D eigenvalue weighted by Gasteiger charge is -2.16. The Kier molecular flexibility index (Phi) is 4.12. The molecule has 1 fully saturated rings. The van der Waals surface area contributed by atoms with E-state index in [4.69, 9.17) is 0 Å². The summed E-state index contributed by atoms with van der Waals surface area (Å²) in [6.07, 6.45) is 2.03. The van der Waals surface area contributed by atoms with E-state index in [1.165, 1.54) is 12.0 Å². The average molecular weight is 269 g/mol. The number of likely N-dealkylation sites (tertiary alicyclic amines) is 1. The van der Waals surface area contributed by atoms with Gasteiger partial charge in [0, 0.05) is 13.1 Å². The van der Waals surface area contributed by atoms with Crippen molar-refractivity contribution in [3.05, 3.63) is 71.5 Å². The maximum absolute atomic E-state index is 13.7. The van der Waals surface area contributed by atoms with Gasteiger partial charge >= 0.3 is 0 Å². The first-order chi connectivity index (χ1) is 9.81. The molecule has 0 radical (unpaired) electrons. The van der Waals surface area contributed by atoms with Gasteiger partial charge in [-0.05, 0) is 42.5 Å². The van der Waals surface area contributed by atoms with Crippen LogP contribution in [-0.4, -0.2) is 18.0 Å². The summed E-state index contributed by atoms with van der Waals surface area (Å²) in [5, 5.41) is 0. The van der Waals surface area contributed by atoms with Gasteiger partial charge in [-0.15, -0.1) is 0 Å². The molecular weight excluding hydrogens is 249 g/mol. The molecule has 1 heterocycles. The molecule has 1 nitrogen and oxygen atoms in total. The van der Waals surface area contributed by atoms with Crippen LogP contribution in [0.25, 0.3) is 0 Å². The van der Waals surface area contributed by atoms with E-state index in [0.29, 0.717) is 5.92 Å². The Morgan fingerprint density at radius 3 is 2.55 bits per heavy atom. The standard InChI is InChI=1S/C18H20FN/c19-18-9-5-4-8-17(18)12-16-10-11-20(14-16)13-15-6-2-1-3-7-15/h1-9,16H,10-14H2. The van der Waals surface area contributed by atoms with Crippen molar-refractivity contribution in [2.45, 2.75) is 19.4 Å². The lowest BCUT2D eigenvalue weighted by atomic mass is 9.98. The number of halogens is 1. The first kappa shape index (κ1) is 13.3. The summed E-state index contributed by atoms with van der Waals surface area (Å²) < 4.78 is 13.7. The van der Waals surface area contributed by atoms with Crippen molar-refractivity contribution < 1.29 is 4.39 Å². The number of hydrogen-bond donors (Lipinski definition) is 0. The van der Waals surface area contributed by atoms with Gasteiger partial charge in [0.1, 0.15) is 5.82 Å². The summed E-state index contributed by atoms with van der Waals surface area (Å²) in [6, 6.07) is 17.7. The van der Waals surface area contributed by atoms with Crippen molar-refractivity contribution in [1.82, 2.24) is 4.90 Å². The molecule has 0 aromatic heterocycles. The van der Waals surface area contributed by atoms with Gasteiger partial charge in [-0.2, -0.15) is 0 Å². The minimum atomic E-state index is -0.0611. The maximum Gasteiger partial charge on any atom is 0.126 e. The number of hydrogen-bond acceptors (Lipinski definition) is 1. The molecule has 0 N–H and O–H groups in total. The highest BCUT2D eigenvalue weighted by atomic mass is 19.1. The van der Waals surface area contributed by atoms with Crippen LogP contribution in [0.3, 0.4) is 0 Å². The average Bonchev–Trinajstić information content (AvgIpc) is 2.90. The molecule has 104 valence electrons. The van der Waals surface area contributed by atoms with Crippen molar-refractivity contribution >= 4 is 0 Å². The minimum absolute atomic E-state index is 0.0611. The van der Waals surface area contributed by atoms with E-state index >= 15 is 0 Å². The Hall–Kier alpha value is -1.67. The second-order valence-electron chi connectivity index (χ2n) is 5.67. The Balaban J connectivity index is 1.56. The lowest BCUT2D eigenvalue weighted by Crippen LogP contribution is -2.20. The highest BCUT2D eigenvalue weighted by molar-refractivity contribution is 5.18. The van der Waals surface area contributed by atoms with Crippen LogP contribution in [0.5, 0.6) is 0 Å². The van der Waals surface area contributed by atoms with Crippen molar-refractivity contribution in [3.63, 3.8) is 0 Å². The third kappa shape index (κ3) is 3.26. The zero-order valence-electron chi connectivity index (χ0n) is 11.6. The Bertz CT molecular complexity index is 552. The van der Waals surface area contributed by atoms with Gasteiger partial charge in [0.2, 0.25) is 0 Å². The van der Waals surface area contributed by atoms with Gasteiger partial charge in [0.25, 0.3) is 0 Å². The van der Waals surface area contributed by atoms with E-state index in [-0.39, 0.29) is 5.82 Å². The first-order valence-electron chi connectivity index (χ1n) is 7.31. The SMILES string of the molecule is Fc1ccccc1CC1CCN(Cc2ccccc2)C1. The van der Waals surface area contributed by atoms with Crippen LogP contribution in [0.4, 0.5) is 4.39 Å². The molecule has 2 aromatic rings. The zero-order chi connectivity index (χ0) is 13.8. The quantitative estimate of drug-likeness (QED) is 0.814. The van der Waals surface area contributed by atoms with Gasteiger partial charge < -0.3 is 0 Å². The predicted molar refractivity (Wildman–Crippen MR) is 79.9 cm³/mol. The van der Waals surface area contributed by atoms with Gasteiger partial charge in [-0.25, -0.2) is 4.39 Å².